The van der Waals surface area contributed by atoms with Gasteiger partial charge in [0.05, 0.1) is 19.8 Å². The van der Waals surface area contributed by atoms with E-state index in [2.05, 4.69) is 54.8 Å². The Bertz CT molecular complexity index is 905. The van der Waals surface area contributed by atoms with E-state index in [0.717, 1.165) is 70.6 Å². The number of rotatable bonds is 34. The minimum atomic E-state index is -4.61. The summed E-state index contributed by atoms with van der Waals surface area (Å²) in [5.41, 5.74) is 0. The Balaban J connectivity index is 4.41. The molecule has 0 aromatic rings. The molecule has 0 spiro atoms. The summed E-state index contributed by atoms with van der Waals surface area (Å²) >= 11 is 0. The Labute approximate surface area is 291 Å². The first-order valence-corrected chi connectivity index (χ1v) is 19.9. The molecule has 10 nitrogen and oxygen atoms in total. The molecular weight excluding hydrogens is 635 g/mol. The molecule has 0 aromatic heterocycles. The summed E-state index contributed by atoms with van der Waals surface area (Å²) in [7, 11) is -4.61. The van der Waals surface area contributed by atoms with Crippen molar-refractivity contribution in [2.75, 3.05) is 26.4 Å². The zero-order valence-corrected chi connectivity index (χ0v) is 30.8. The minimum absolute atomic E-state index is 0.165. The van der Waals surface area contributed by atoms with E-state index in [4.69, 9.17) is 19.1 Å². The van der Waals surface area contributed by atoms with Crippen molar-refractivity contribution in [3.05, 3.63) is 36.5 Å². The quantitative estimate of drug-likeness (QED) is 0.0257. The third-order valence-corrected chi connectivity index (χ3v) is 8.51. The number of allylic oxidation sites excluding steroid dienone is 6. The van der Waals surface area contributed by atoms with Gasteiger partial charge in [0, 0.05) is 12.8 Å². The van der Waals surface area contributed by atoms with Gasteiger partial charge in [-0.25, -0.2) is 4.57 Å². The molecule has 0 aliphatic heterocycles. The topological polar surface area (TPSA) is 149 Å². The maximum atomic E-state index is 12.5. The van der Waals surface area contributed by atoms with Crippen LogP contribution in [0.2, 0.25) is 0 Å². The molecule has 0 saturated carbocycles. The molecule has 0 aromatic carbocycles. The van der Waals surface area contributed by atoms with Crippen LogP contribution in [0.25, 0.3) is 0 Å². The maximum Gasteiger partial charge on any atom is 0.472 e. The highest BCUT2D eigenvalue weighted by Gasteiger charge is 2.27. The Morgan fingerprint density at radius 2 is 1.15 bits per heavy atom. The van der Waals surface area contributed by atoms with Crippen molar-refractivity contribution < 1.29 is 47.8 Å². The highest BCUT2D eigenvalue weighted by atomic mass is 31.2. The van der Waals surface area contributed by atoms with Crippen LogP contribution >= 0.6 is 7.82 Å². The van der Waals surface area contributed by atoms with E-state index >= 15 is 0 Å². The highest BCUT2D eigenvalue weighted by Crippen LogP contribution is 2.43. The van der Waals surface area contributed by atoms with Gasteiger partial charge in [-0.1, -0.05) is 127 Å². The summed E-state index contributed by atoms with van der Waals surface area (Å²) in [6, 6.07) is 0. The maximum absolute atomic E-state index is 12.5. The normalized spacial score (nSPS) is 14.5. The summed E-state index contributed by atoms with van der Waals surface area (Å²) in [5.74, 6) is -0.948. The number of hydrogen-bond acceptors (Lipinski definition) is 9. The fourth-order valence-corrected chi connectivity index (χ4v) is 5.50. The lowest BCUT2D eigenvalue weighted by molar-refractivity contribution is -0.161. The fraction of sp³-hybridized carbons (Fsp3) is 0.784. The van der Waals surface area contributed by atoms with E-state index in [9.17, 15) is 24.2 Å². The van der Waals surface area contributed by atoms with E-state index < -0.39 is 51.8 Å². The van der Waals surface area contributed by atoms with E-state index in [1.54, 1.807) is 0 Å². The number of hydrogen-bond donors (Lipinski definition) is 3. The molecule has 0 fully saturated rings. The molecule has 11 heteroatoms. The predicted octanol–water partition coefficient (Wildman–Crippen LogP) is 8.83. The molecular formula is C37H67O10P. The van der Waals surface area contributed by atoms with Gasteiger partial charge in [0.25, 0.3) is 0 Å². The second kappa shape index (κ2) is 33.7. The second-order valence-electron chi connectivity index (χ2n) is 12.2. The van der Waals surface area contributed by atoms with E-state index in [-0.39, 0.29) is 19.4 Å². The Kier molecular flexibility index (Phi) is 32.4. The molecule has 0 heterocycles. The first kappa shape index (κ1) is 46.2. The largest absolute Gasteiger partial charge is 0.472 e. The van der Waals surface area contributed by atoms with Crippen molar-refractivity contribution in [1.82, 2.24) is 0 Å². The van der Waals surface area contributed by atoms with E-state index in [1.807, 2.05) is 0 Å². The van der Waals surface area contributed by atoms with E-state index in [1.165, 1.54) is 38.5 Å². The molecule has 48 heavy (non-hydrogen) atoms. The Morgan fingerprint density at radius 1 is 0.646 bits per heavy atom. The number of phosphoric ester groups is 1. The number of aliphatic hydroxyl groups excluding tert-OH is 2. The van der Waals surface area contributed by atoms with Gasteiger partial charge in [0.2, 0.25) is 0 Å². The fourth-order valence-electron chi connectivity index (χ4n) is 4.71. The smallest absolute Gasteiger partial charge is 0.462 e. The molecule has 0 saturated heterocycles. The minimum Gasteiger partial charge on any atom is -0.462 e. The molecule has 0 radical (unpaired) electrons. The van der Waals surface area contributed by atoms with Crippen molar-refractivity contribution in [3.63, 3.8) is 0 Å². The highest BCUT2D eigenvalue weighted by molar-refractivity contribution is 7.47. The summed E-state index contributed by atoms with van der Waals surface area (Å²) in [6.07, 6.45) is 31.2. The van der Waals surface area contributed by atoms with Gasteiger partial charge in [0.1, 0.15) is 12.7 Å². The van der Waals surface area contributed by atoms with Crippen molar-refractivity contribution >= 4 is 19.8 Å². The van der Waals surface area contributed by atoms with Gasteiger partial charge in [-0.15, -0.1) is 0 Å². The number of phosphoric acid groups is 1. The molecule has 0 bridgehead atoms. The molecule has 280 valence electrons. The van der Waals surface area contributed by atoms with Crippen molar-refractivity contribution in [3.8, 4) is 0 Å². The van der Waals surface area contributed by atoms with Crippen LogP contribution in [-0.4, -0.2) is 65.7 Å². The monoisotopic (exact) mass is 702 g/mol. The number of aliphatic hydroxyl groups is 2. The van der Waals surface area contributed by atoms with E-state index in [0.29, 0.717) is 12.8 Å². The lowest BCUT2D eigenvalue weighted by Gasteiger charge is -2.20. The van der Waals surface area contributed by atoms with Crippen LogP contribution in [0.3, 0.4) is 0 Å². The first-order valence-electron chi connectivity index (χ1n) is 18.4. The summed E-state index contributed by atoms with van der Waals surface area (Å²) in [5, 5.41) is 18.2. The number of carbonyl (C=O) groups is 2. The van der Waals surface area contributed by atoms with Gasteiger partial charge in [-0.05, 0) is 44.9 Å². The van der Waals surface area contributed by atoms with Gasteiger partial charge in [0.15, 0.2) is 6.10 Å². The molecule has 3 atom stereocenters. The van der Waals surface area contributed by atoms with Crippen molar-refractivity contribution in [1.29, 1.82) is 0 Å². The van der Waals surface area contributed by atoms with Crippen LogP contribution in [0, 0.1) is 0 Å². The first-order chi connectivity index (χ1) is 23.2. The van der Waals surface area contributed by atoms with Gasteiger partial charge >= 0.3 is 19.8 Å². The summed E-state index contributed by atoms with van der Waals surface area (Å²) in [6.45, 7) is 2.21. The van der Waals surface area contributed by atoms with Crippen LogP contribution in [-0.2, 0) is 32.7 Å². The Morgan fingerprint density at radius 3 is 1.73 bits per heavy atom. The molecule has 0 rings (SSSR count). The average molecular weight is 703 g/mol. The molecule has 1 unspecified atom stereocenters. The van der Waals surface area contributed by atoms with Crippen LogP contribution in [0.5, 0.6) is 0 Å². The third kappa shape index (κ3) is 32.7. The Hall–Kier alpha value is -1.81. The standard InChI is InChI=1S/C37H67O10P/c1-3-5-7-9-11-13-15-16-17-18-19-21-23-25-27-29-37(41)47-35(33-46-48(42,43)45-31-34(39)30-38)32-44-36(40)28-26-24-22-20-14-12-10-8-6-4-2/h5,7,11,13,16-17,34-35,38-39H,3-4,6,8-10,12,14-15,18-33H2,1-2H3,(H,42,43)/b7-5+,13-11+,17-16+/t34-,35+/m0/s1. The lowest BCUT2D eigenvalue weighted by atomic mass is 10.1. The zero-order valence-electron chi connectivity index (χ0n) is 29.9. The number of carbonyl (C=O) groups excluding carboxylic acids is 2. The van der Waals surface area contributed by atoms with Crippen LogP contribution in [0.4, 0.5) is 0 Å². The zero-order chi connectivity index (χ0) is 35.6. The third-order valence-electron chi connectivity index (χ3n) is 7.56. The predicted molar refractivity (Wildman–Crippen MR) is 191 cm³/mol. The van der Waals surface area contributed by atoms with Crippen molar-refractivity contribution in [2.45, 2.75) is 161 Å². The number of unbranched alkanes of at least 4 members (excludes halogenated alkanes) is 14. The number of ether oxygens (including phenoxy) is 2. The number of esters is 2. The van der Waals surface area contributed by atoms with Crippen LogP contribution in [0.1, 0.15) is 149 Å². The SMILES string of the molecule is CC/C=C/C/C=C/C/C=C/CCCCCCCC(=O)O[C@H](COC(=O)CCCCCCCCCCCC)COP(=O)(O)OC[C@@H](O)CO. The van der Waals surface area contributed by atoms with Gasteiger partial charge < -0.3 is 24.6 Å². The summed E-state index contributed by atoms with van der Waals surface area (Å²) in [4.78, 5) is 34.7. The van der Waals surface area contributed by atoms with Crippen LogP contribution < -0.4 is 0 Å². The summed E-state index contributed by atoms with van der Waals surface area (Å²) < 4.78 is 32.5. The van der Waals surface area contributed by atoms with Crippen LogP contribution in [0.15, 0.2) is 36.5 Å². The van der Waals surface area contributed by atoms with Gasteiger partial charge in [-0.2, -0.15) is 0 Å². The van der Waals surface area contributed by atoms with Crippen molar-refractivity contribution in [2.24, 2.45) is 0 Å². The lowest BCUT2D eigenvalue weighted by Crippen LogP contribution is -2.29. The second-order valence-corrected chi connectivity index (χ2v) is 13.7. The molecule has 0 amide bonds. The molecule has 0 aliphatic carbocycles. The van der Waals surface area contributed by atoms with Gasteiger partial charge in [-0.3, -0.25) is 18.6 Å². The molecule has 3 N–H and O–H groups in total. The molecule has 0 aliphatic rings. The average Bonchev–Trinajstić information content (AvgIpc) is 3.07.